The fraction of sp³-hybridized carbons (Fsp3) is 0.375. The highest BCUT2D eigenvalue weighted by Crippen LogP contribution is 2.32. The standard InChI is InChI=1S/C8H9BrN2OS/c9-7-1-5(10)2-11-8(7)13-6-3-12-4-6/h1-2,6H,3-4,10H2. The molecule has 3 nitrogen and oxygen atoms in total. The lowest BCUT2D eigenvalue weighted by molar-refractivity contribution is 0.0454. The second kappa shape index (κ2) is 3.86. The molecule has 13 heavy (non-hydrogen) atoms. The van der Waals surface area contributed by atoms with E-state index in [0.717, 1.165) is 22.7 Å². The average molecular weight is 261 g/mol. The number of nitrogen functional groups attached to an aromatic ring is 1. The molecular weight excluding hydrogens is 252 g/mol. The van der Waals surface area contributed by atoms with Gasteiger partial charge in [0.25, 0.3) is 0 Å². The van der Waals surface area contributed by atoms with E-state index in [1.165, 1.54) is 0 Å². The van der Waals surface area contributed by atoms with E-state index < -0.39 is 0 Å². The molecule has 5 heteroatoms. The molecule has 0 amide bonds. The van der Waals surface area contributed by atoms with Crippen molar-refractivity contribution in [3.63, 3.8) is 0 Å². The molecule has 2 rings (SSSR count). The molecule has 1 aliphatic rings. The number of hydrogen-bond donors (Lipinski definition) is 1. The van der Waals surface area contributed by atoms with E-state index in [0.29, 0.717) is 10.9 Å². The van der Waals surface area contributed by atoms with Crippen LogP contribution >= 0.6 is 27.7 Å². The summed E-state index contributed by atoms with van der Waals surface area (Å²) < 4.78 is 6.04. The van der Waals surface area contributed by atoms with Crippen molar-refractivity contribution in [1.29, 1.82) is 0 Å². The molecule has 0 saturated carbocycles. The molecule has 0 spiro atoms. The first-order chi connectivity index (χ1) is 6.25. The van der Waals surface area contributed by atoms with Crippen molar-refractivity contribution in [2.45, 2.75) is 10.3 Å². The first kappa shape index (κ1) is 9.30. The van der Waals surface area contributed by atoms with Gasteiger partial charge in [-0.2, -0.15) is 0 Å². The minimum absolute atomic E-state index is 0.549. The van der Waals surface area contributed by atoms with Crippen LogP contribution in [-0.4, -0.2) is 23.4 Å². The van der Waals surface area contributed by atoms with Crippen LogP contribution < -0.4 is 5.73 Å². The molecule has 1 aromatic heterocycles. The average Bonchev–Trinajstić information content (AvgIpc) is 1.99. The molecule has 0 atom stereocenters. The van der Waals surface area contributed by atoms with E-state index in [2.05, 4.69) is 20.9 Å². The molecule has 2 heterocycles. The van der Waals surface area contributed by atoms with Gasteiger partial charge in [0.2, 0.25) is 0 Å². The van der Waals surface area contributed by atoms with Gasteiger partial charge in [-0.05, 0) is 22.0 Å². The molecule has 2 N–H and O–H groups in total. The maximum Gasteiger partial charge on any atom is 0.111 e. The molecule has 1 aromatic rings. The Morgan fingerprint density at radius 2 is 2.38 bits per heavy atom. The van der Waals surface area contributed by atoms with Gasteiger partial charge in [0.15, 0.2) is 0 Å². The normalized spacial score (nSPS) is 17.0. The second-order valence-electron chi connectivity index (χ2n) is 2.83. The van der Waals surface area contributed by atoms with E-state index in [1.54, 1.807) is 18.0 Å². The van der Waals surface area contributed by atoms with Crippen LogP contribution in [-0.2, 0) is 4.74 Å². The summed E-state index contributed by atoms with van der Waals surface area (Å²) in [7, 11) is 0. The second-order valence-corrected chi connectivity index (χ2v) is 4.98. The number of hydrogen-bond acceptors (Lipinski definition) is 4. The SMILES string of the molecule is Nc1cnc(SC2COC2)c(Br)c1. The molecule has 0 aromatic carbocycles. The molecule has 0 radical (unpaired) electrons. The Hall–Kier alpha value is -0.260. The largest absolute Gasteiger partial charge is 0.397 e. The van der Waals surface area contributed by atoms with Crippen LogP contribution in [0, 0.1) is 0 Å². The van der Waals surface area contributed by atoms with E-state index in [-0.39, 0.29) is 0 Å². The first-order valence-electron chi connectivity index (χ1n) is 3.91. The molecule has 0 unspecified atom stereocenters. The molecule has 1 saturated heterocycles. The van der Waals surface area contributed by atoms with E-state index in [1.807, 2.05) is 6.07 Å². The summed E-state index contributed by atoms with van der Waals surface area (Å²) in [4.78, 5) is 4.24. The number of halogens is 1. The van der Waals surface area contributed by atoms with Gasteiger partial charge in [0.1, 0.15) is 5.03 Å². The highest BCUT2D eigenvalue weighted by molar-refractivity contribution is 9.10. The lowest BCUT2D eigenvalue weighted by atomic mass is 10.4. The third-order valence-corrected chi connectivity index (χ3v) is 3.74. The van der Waals surface area contributed by atoms with Crippen LogP contribution in [0.4, 0.5) is 5.69 Å². The number of anilines is 1. The van der Waals surface area contributed by atoms with Gasteiger partial charge < -0.3 is 10.5 Å². The summed E-state index contributed by atoms with van der Waals surface area (Å²) in [6.45, 7) is 1.65. The van der Waals surface area contributed by atoms with Crippen molar-refractivity contribution in [2.24, 2.45) is 0 Å². The Balaban J connectivity index is 2.10. The Labute approximate surface area is 89.2 Å². The smallest absolute Gasteiger partial charge is 0.111 e. The van der Waals surface area contributed by atoms with Gasteiger partial charge >= 0.3 is 0 Å². The number of aromatic nitrogens is 1. The topological polar surface area (TPSA) is 48.1 Å². The fourth-order valence-electron chi connectivity index (χ4n) is 0.967. The van der Waals surface area contributed by atoms with E-state index in [9.17, 15) is 0 Å². The van der Waals surface area contributed by atoms with Crippen molar-refractivity contribution in [3.05, 3.63) is 16.7 Å². The van der Waals surface area contributed by atoms with Crippen molar-refractivity contribution < 1.29 is 4.74 Å². The minimum Gasteiger partial charge on any atom is -0.397 e. The number of rotatable bonds is 2. The van der Waals surface area contributed by atoms with Crippen LogP contribution in [0.5, 0.6) is 0 Å². The van der Waals surface area contributed by atoms with Crippen LogP contribution in [0.25, 0.3) is 0 Å². The van der Waals surface area contributed by atoms with Crippen molar-refractivity contribution in [3.8, 4) is 0 Å². The number of nitrogens with two attached hydrogens (primary N) is 1. The van der Waals surface area contributed by atoms with Crippen LogP contribution in [0.2, 0.25) is 0 Å². The lowest BCUT2D eigenvalue weighted by Gasteiger charge is -2.24. The third-order valence-electron chi connectivity index (χ3n) is 1.71. The summed E-state index contributed by atoms with van der Waals surface area (Å²) in [6, 6.07) is 1.87. The summed E-state index contributed by atoms with van der Waals surface area (Å²) in [5, 5.41) is 1.54. The van der Waals surface area contributed by atoms with Crippen LogP contribution in [0.1, 0.15) is 0 Å². The zero-order valence-corrected chi connectivity index (χ0v) is 9.27. The van der Waals surface area contributed by atoms with Gasteiger partial charge in [-0.25, -0.2) is 4.98 Å². The van der Waals surface area contributed by atoms with Crippen molar-refractivity contribution >= 4 is 33.4 Å². The Kier molecular flexibility index (Phi) is 2.76. The minimum atomic E-state index is 0.549. The number of pyridine rings is 1. The van der Waals surface area contributed by atoms with Crippen LogP contribution in [0.15, 0.2) is 21.8 Å². The molecule has 1 fully saturated rings. The monoisotopic (exact) mass is 260 g/mol. The summed E-state index contributed by atoms with van der Waals surface area (Å²) in [6.07, 6.45) is 1.67. The Morgan fingerprint density at radius 1 is 1.62 bits per heavy atom. The summed E-state index contributed by atoms with van der Waals surface area (Å²) >= 11 is 5.15. The quantitative estimate of drug-likeness (QED) is 0.883. The number of nitrogens with zero attached hydrogens (tertiary/aromatic N) is 1. The predicted octanol–water partition coefficient (Wildman–Crippen LogP) is 1.92. The zero-order chi connectivity index (χ0) is 9.26. The summed E-state index contributed by atoms with van der Waals surface area (Å²) in [5.74, 6) is 0. The van der Waals surface area contributed by atoms with E-state index >= 15 is 0 Å². The Morgan fingerprint density at radius 3 is 2.92 bits per heavy atom. The van der Waals surface area contributed by atoms with Gasteiger partial charge in [0.05, 0.1) is 34.8 Å². The molecular formula is C8H9BrN2OS. The van der Waals surface area contributed by atoms with E-state index in [4.69, 9.17) is 10.5 Å². The molecule has 1 aliphatic heterocycles. The third kappa shape index (κ3) is 2.15. The van der Waals surface area contributed by atoms with Crippen molar-refractivity contribution in [1.82, 2.24) is 4.98 Å². The Bertz CT molecular complexity index is 317. The fourth-order valence-corrected chi connectivity index (χ4v) is 2.54. The lowest BCUT2D eigenvalue weighted by Crippen LogP contribution is -2.30. The first-order valence-corrected chi connectivity index (χ1v) is 5.58. The number of ether oxygens (including phenoxy) is 1. The van der Waals surface area contributed by atoms with Gasteiger partial charge in [-0.3, -0.25) is 0 Å². The molecule has 0 aliphatic carbocycles. The van der Waals surface area contributed by atoms with Gasteiger partial charge in [-0.15, -0.1) is 0 Å². The highest BCUT2D eigenvalue weighted by atomic mass is 79.9. The zero-order valence-electron chi connectivity index (χ0n) is 6.87. The van der Waals surface area contributed by atoms with Gasteiger partial charge in [0, 0.05) is 0 Å². The summed E-state index contributed by atoms with van der Waals surface area (Å²) in [5.41, 5.74) is 6.26. The highest BCUT2D eigenvalue weighted by Gasteiger charge is 2.21. The predicted molar refractivity (Wildman–Crippen MR) is 56.8 cm³/mol. The molecule has 70 valence electrons. The van der Waals surface area contributed by atoms with Crippen molar-refractivity contribution in [2.75, 3.05) is 18.9 Å². The van der Waals surface area contributed by atoms with Crippen LogP contribution in [0.3, 0.4) is 0 Å². The molecule has 0 bridgehead atoms. The van der Waals surface area contributed by atoms with Gasteiger partial charge in [-0.1, -0.05) is 11.8 Å². The maximum absolute atomic E-state index is 5.58. The maximum atomic E-state index is 5.58. The number of thioether (sulfide) groups is 1.